The lowest BCUT2D eigenvalue weighted by Gasteiger charge is -2.29. The Kier molecular flexibility index (Phi) is 3.02. The van der Waals surface area contributed by atoms with Gasteiger partial charge in [0.1, 0.15) is 0 Å². The SMILES string of the molecule is NC1(c2cccc3ncccc23)CCCOCC1. The van der Waals surface area contributed by atoms with Gasteiger partial charge in [-0.1, -0.05) is 18.2 Å². The molecule has 1 aliphatic rings. The van der Waals surface area contributed by atoms with E-state index >= 15 is 0 Å². The Morgan fingerprint density at radius 1 is 1.11 bits per heavy atom. The molecule has 1 saturated heterocycles. The van der Waals surface area contributed by atoms with Crippen molar-refractivity contribution in [2.75, 3.05) is 13.2 Å². The first-order valence-corrected chi connectivity index (χ1v) is 6.50. The molecule has 1 fully saturated rings. The third kappa shape index (κ3) is 2.00. The van der Waals surface area contributed by atoms with Crippen LogP contribution < -0.4 is 5.73 Å². The minimum absolute atomic E-state index is 0.279. The molecule has 1 unspecified atom stereocenters. The van der Waals surface area contributed by atoms with Crippen LogP contribution in [0.3, 0.4) is 0 Å². The van der Waals surface area contributed by atoms with Gasteiger partial charge in [0, 0.05) is 30.3 Å². The topological polar surface area (TPSA) is 48.1 Å². The Labute approximate surface area is 107 Å². The molecule has 2 N–H and O–H groups in total. The van der Waals surface area contributed by atoms with E-state index in [4.69, 9.17) is 10.5 Å². The maximum Gasteiger partial charge on any atom is 0.0705 e. The van der Waals surface area contributed by atoms with E-state index in [0.29, 0.717) is 0 Å². The number of ether oxygens (including phenoxy) is 1. The number of nitrogens with two attached hydrogens (primary N) is 1. The predicted octanol–water partition coefficient (Wildman–Crippen LogP) is 2.59. The van der Waals surface area contributed by atoms with Gasteiger partial charge in [-0.25, -0.2) is 0 Å². The van der Waals surface area contributed by atoms with Gasteiger partial charge in [-0.05, 0) is 37.0 Å². The molecule has 0 bridgehead atoms. The Bertz CT molecular complexity index is 540. The van der Waals surface area contributed by atoms with Crippen molar-refractivity contribution in [3.63, 3.8) is 0 Å². The van der Waals surface area contributed by atoms with E-state index < -0.39 is 0 Å². The Balaban J connectivity index is 2.12. The second-order valence-electron chi connectivity index (χ2n) is 5.00. The molecule has 94 valence electrons. The van der Waals surface area contributed by atoms with Crippen LogP contribution in [0, 0.1) is 0 Å². The smallest absolute Gasteiger partial charge is 0.0705 e. The van der Waals surface area contributed by atoms with Crippen molar-refractivity contribution in [3.05, 3.63) is 42.1 Å². The molecule has 1 aromatic heterocycles. The summed E-state index contributed by atoms with van der Waals surface area (Å²) in [5.74, 6) is 0. The molecule has 1 aliphatic heterocycles. The van der Waals surface area contributed by atoms with Crippen LogP contribution in [0.25, 0.3) is 10.9 Å². The molecule has 3 heteroatoms. The number of benzene rings is 1. The summed E-state index contributed by atoms with van der Waals surface area (Å²) in [4.78, 5) is 4.40. The molecule has 2 aromatic rings. The number of rotatable bonds is 1. The summed E-state index contributed by atoms with van der Waals surface area (Å²) in [5.41, 5.74) is 8.59. The molecule has 0 radical (unpaired) electrons. The van der Waals surface area contributed by atoms with Gasteiger partial charge >= 0.3 is 0 Å². The number of hydrogen-bond donors (Lipinski definition) is 1. The largest absolute Gasteiger partial charge is 0.381 e. The molecule has 2 heterocycles. The Morgan fingerprint density at radius 2 is 2.06 bits per heavy atom. The van der Waals surface area contributed by atoms with Crippen molar-refractivity contribution in [1.29, 1.82) is 0 Å². The van der Waals surface area contributed by atoms with Gasteiger partial charge in [-0.2, -0.15) is 0 Å². The Hall–Kier alpha value is -1.45. The second kappa shape index (κ2) is 4.67. The second-order valence-corrected chi connectivity index (χ2v) is 5.00. The lowest BCUT2D eigenvalue weighted by molar-refractivity contribution is 0.139. The fourth-order valence-electron chi connectivity index (χ4n) is 2.78. The van der Waals surface area contributed by atoms with Crippen LogP contribution in [-0.4, -0.2) is 18.2 Å². The molecule has 0 amide bonds. The summed E-state index contributed by atoms with van der Waals surface area (Å²) in [6, 6.07) is 10.3. The number of hydrogen-bond acceptors (Lipinski definition) is 3. The van der Waals surface area contributed by atoms with Gasteiger partial charge in [0.25, 0.3) is 0 Å². The highest BCUT2D eigenvalue weighted by molar-refractivity contribution is 5.83. The minimum atomic E-state index is -0.279. The van der Waals surface area contributed by atoms with Crippen molar-refractivity contribution in [2.24, 2.45) is 5.73 Å². The maximum atomic E-state index is 6.64. The number of nitrogens with zero attached hydrogens (tertiary/aromatic N) is 1. The molecular weight excluding hydrogens is 224 g/mol. The highest BCUT2D eigenvalue weighted by Crippen LogP contribution is 2.33. The van der Waals surface area contributed by atoms with Crippen LogP contribution in [-0.2, 0) is 10.3 Å². The van der Waals surface area contributed by atoms with Crippen molar-refractivity contribution >= 4 is 10.9 Å². The zero-order valence-electron chi connectivity index (χ0n) is 10.4. The fraction of sp³-hybridized carbons (Fsp3) is 0.400. The van der Waals surface area contributed by atoms with Crippen LogP contribution in [0.1, 0.15) is 24.8 Å². The van der Waals surface area contributed by atoms with Crippen molar-refractivity contribution in [3.8, 4) is 0 Å². The van der Waals surface area contributed by atoms with Crippen LogP contribution in [0.15, 0.2) is 36.5 Å². The number of pyridine rings is 1. The summed E-state index contributed by atoms with van der Waals surface area (Å²) in [6.07, 6.45) is 4.70. The zero-order valence-corrected chi connectivity index (χ0v) is 10.4. The summed E-state index contributed by atoms with van der Waals surface area (Å²) in [7, 11) is 0. The van der Waals surface area contributed by atoms with Gasteiger partial charge in [-0.3, -0.25) is 4.98 Å². The van der Waals surface area contributed by atoms with Crippen LogP contribution in [0.2, 0.25) is 0 Å². The molecule has 0 saturated carbocycles. The lowest BCUT2D eigenvalue weighted by atomic mass is 9.82. The first-order chi connectivity index (χ1) is 8.80. The van der Waals surface area contributed by atoms with E-state index in [9.17, 15) is 0 Å². The van der Waals surface area contributed by atoms with Crippen molar-refractivity contribution in [1.82, 2.24) is 4.98 Å². The third-order valence-corrected chi connectivity index (χ3v) is 3.79. The van der Waals surface area contributed by atoms with E-state index in [1.807, 2.05) is 24.4 Å². The molecular formula is C15H18N2O. The van der Waals surface area contributed by atoms with Gasteiger partial charge in [0.15, 0.2) is 0 Å². The van der Waals surface area contributed by atoms with E-state index in [1.165, 1.54) is 10.9 Å². The quantitative estimate of drug-likeness (QED) is 0.836. The predicted molar refractivity (Wildman–Crippen MR) is 72.3 cm³/mol. The zero-order chi connectivity index (χ0) is 12.4. The van der Waals surface area contributed by atoms with Gasteiger partial charge < -0.3 is 10.5 Å². The van der Waals surface area contributed by atoms with Gasteiger partial charge in [-0.15, -0.1) is 0 Å². The summed E-state index contributed by atoms with van der Waals surface area (Å²) < 4.78 is 5.53. The first kappa shape index (κ1) is 11.6. The van der Waals surface area contributed by atoms with E-state index in [1.54, 1.807) is 0 Å². The fourth-order valence-corrected chi connectivity index (χ4v) is 2.78. The van der Waals surface area contributed by atoms with Crippen LogP contribution in [0.4, 0.5) is 0 Å². The molecule has 0 spiro atoms. The summed E-state index contributed by atoms with van der Waals surface area (Å²) in [5, 5.41) is 1.17. The van der Waals surface area contributed by atoms with Crippen LogP contribution in [0.5, 0.6) is 0 Å². The van der Waals surface area contributed by atoms with Gasteiger partial charge in [0.05, 0.1) is 5.52 Å². The molecule has 1 aromatic carbocycles. The first-order valence-electron chi connectivity index (χ1n) is 6.50. The molecule has 3 rings (SSSR count). The molecule has 18 heavy (non-hydrogen) atoms. The molecule has 3 nitrogen and oxygen atoms in total. The molecule has 1 atom stereocenters. The molecule has 0 aliphatic carbocycles. The standard InChI is InChI=1S/C15H18N2O/c16-15(7-3-10-18-11-8-15)13-5-1-6-14-12(13)4-2-9-17-14/h1-2,4-6,9H,3,7-8,10-11,16H2. The summed E-state index contributed by atoms with van der Waals surface area (Å²) in [6.45, 7) is 1.56. The van der Waals surface area contributed by atoms with E-state index in [0.717, 1.165) is 38.0 Å². The average molecular weight is 242 g/mol. The highest BCUT2D eigenvalue weighted by atomic mass is 16.5. The summed E-state index contributed by atoms with van der Waals surface area (Å²) >= 11 is 0. The van der Waals surface area contributed by atoms with E-state index in [2.05, 4.69) is 17.1 Å². The van der Waals surface area contributed by atoms with Crippen LogP contribution >= 0.6 is 0 Å². The maximum absolute atomic E-state index is 6.64. The van der Waals surface area contributed by atoms with Crippen molar-refractivity contribution < 1.29 is 4.74 Å². The monoisotopic (exact) mass is 242 g/mol. The van der Waals surface area contributed by atoms with E-state index in [-0.39, 0.29) is 5.54 Å². The lowest BCUT2D eigenvalue weighted by Crippen LogP contribution is -2.37. The number of aromatic nitrogens is 1. The highest BCUT2D eigenvalue weighted by Gasteiger charge is 2.30. The van der Waals surface area contributed by atoms with Crippen molar-refractivity contribution in [2.45, 2.75) is 24.8 Å². The minimum Gasteiger partial charge on any atom is -0.381 e. The van der Waals surface area contributed by atoms with Gasteiger partial charge in [0.2, 0.25) is 0 Å². The normalized spacial score (nSPS) is 24.9. The Morgan fingerprint density at radius 3 is 3.00 bits per heavy atom. The average Bonchev–Trinajstić information content (AvgIpc) is 2.64. The number of fused-ring (bicyclic) bond motifs is 1. The third-order valence-electron chi connectivity index (χ3n) is 3.79.